The first-order valence-corrected chi connectivity index (χ1v) is 11.7. The Bertz CT molecular complexity index is 863. The zero-order valence-electron chi connectivity index (χ0n) is 18.0. The quantitative estimate of drug-likeness (QED) is 0.662. The van der Waals surface area contributed by atoms with Gasteiger partial charge < -0.3 is 18.9 Å². The maximum atomic E-state index is 12.3. The topological polar surface area (TPSA) is 77.7 Å². The van der Waals surface area contributed by atoms with E-state index in [2.05, 4.69) is 10.1 Å². The summed E-state index contributed by atoms with van der Waals surface area (Å²) >= 11 is 0. The van der Waals surface area contributed by atoms with Crippen molar-refractivity contribution < 1.29 is 18.8 Å². The molecule has 31 heavy (non-hydrogen) atoms. The number of likely N-dealkylation sites (tertiary alicyclic amines) is 1. The van der Waals surface area contributed by atoms with Crippen LogP contribution in [0.2, 0.25) is 0 Å². The molecule has 2 aliphatic heterocycles. The van der Waals surface area contributed by atoms with Crippen LogP contribution in [0.1, 0.15) is 63.2 Å². The molecule has 0 radical (unpaired) electrons. The van der Waals surface area contributed by atoms with E-state index in [-0.39, 0.29) is 12.0 Å². The summed E-state index contributed by atoms with van der Waals surface area (Å²) in [6.07, 6.45) is 8.94. The van der Waals surface area contributed by atoms with Crippen LogP contribution in [0.4, 0.5) is 0 Å². The summed E-state index contributed by atoms with van der Waals surface area (Å²) in [5, 5.41) is 4.14. The zero-order chi connectivity index (χ0) is 21.0. The van der Waals surface area contributed by atoms with Crippen molar-refractivity contribution in [1.29, 1.82) is 0 Å². The summed E-state index contributed by atoms with van der Waals surface area (Å²) in [6, 6.07) is 7.78. The number of nitrogens with zero attached hydrogens (tertiary/aromatic N) is 3. The molecule has 3 aliphatic rings. The van der Waals surface area contributed by atoms with E-state index in [0.29, 0.717) is 37.1 Å². The molecule has 1 aromatic heterocycles. The third-order valence-electron chi connectivity index (χ3n) is 6.87. The Morgan fingerprint density at radius 2 is 1.81 bits per heavy atom. The Labute approximate surface area is 183 Å². The summed E-state index contributed by atoms with van der Waals surface area (Å²) in [4.78, 5) is 18.8. The highest BCUT2D eigenvalue weighted by Gasteiger charge is 2.32. The van der Waals surface area contributed by atoms with Crippen LogP contribution in [0.5, 0.6) is 5.75 Å². The lowest BCUT2D eigenvalue weighted by Crippen LogP contribution is -2.56. The van der Waals surface area contributed by atoms with Crippen molar-refractivity contribution in [3.63, 3.8) is 0 Å². The first kappa shape index (κ1) is 20.5. The summed E-state index contributed by atoms with van der Waals surface area (Å²) in [5.41, 5.74) is 0.909. The van der Waals surface area contributed by atoms with E-state index in [0.717, 1.165) is 49.7 Å². The summed E-state index contributed by atoms with van der Waals surface area (Å²) in [5.74, 6) is 3.45. The van der Waals surface area contributed by atoms with Crippen molar-refractivity contribution in [3.8, 4) is 17.1 Å². The molecule has 7 nitrogen and oxygen atoms in total. The average Bonchev–Trinajstić information content (AvgIpc) is 3.48. The van der Waals surface area contributed by atoms with Crippen molar-refractivity contribution in [2.75, 3.05) is 26.3 Å². The van der Waals surface area contributed by atoms with Crippen molar-refractivity contribution in [2.24, 2.45) is 5.92 Å². The van der Waals surface area contributed by atoms with Crippen LogP contribution in [0.25, 0.3) is 11.4 Å². The molecule has 0 spiro atoms. The molecule has 3 heterocycles. The van der Waals surface area contributed by atoms with E-state index in [1.54, 1.807) is 0 Å². The molecule has 0 atom stereocenters. The summed E-state index contributed by atoms with van der Waals surface area (Å²) in [6.45, 7) is 2.87. The van der Waals surface area contributed by atoms with Crippen LogP contribution in [0.15, 0.2) is 28.8 Å². The molecular weight excluding hydrogens is 394 g/mol. The number of ether oxygens (including phenoxy) is 2. The van der Waals surface area contributed by atoms with Gasteiger partial charge in [0.05, 0.1) is 13.1 Å². The Balaban J connectivity index is 1.08. The third-order valence-corrected chi connectivity index (χ3v) is 6.87. The van der Waals surface area contributed by atoms with Gasteiger partial charge in [-0.15, -0.1) is 0 Å². The van der Waals surface area contributed by atoms with Crippen molar-refractivity contribution in [2.45, 2.75) is 63.4 Å². The zero-order valence-corrected chi connectivity index (χ0v) is 18.0. The van der Waals surface area contributed by atoms with Gasteiger partial charge in [-0.05, 0) is 49.4 Å². The molecule has 1 aliphatic carbocycles. The summed E-state index contributed by atoms with van der Waals surface area (Å²) < 4.78 is 16.9. The van der Waals surface area contributed by atoms with E-state index in [9.17, 15) is 4.79 Å². The minimum atomic E-state index is 0.0755. The number of benzene rings is 1. The molecule has 2 saturated heterocycles. The van der Waals surface area contributed by atoms with Crippen molar-refractivity contribution in [3.05, 3.63) is 30.2 Å². The number of amides is 1. The molecular formula is C24H31N3O4. The highest BCUT2D eigenvalue weighted by Crippen LogP contribution is 2.30. The Morgan fingerprint density at radius 3 is 2.55 bits per heavy atom. The molecule has 1 amide bonds. The molecule has 2 aromatic rings. The fraction of sp³-hybridized carbons (Fsp3) is 0.625. The Kier molecular flexibility index (Phi) is 6.20. The molecule has 1 saturated carbocycles. The van der Waals surface area contributed by atoms with E-state index in [1.165, 1.54) is 25.7 Å². The first-order chi connectivity index (χ1) is 15.2. The number of hydrogen-bond acceptors (Lipinski definition) is 6. The number of aromatic nitrogens is 2. The Hall–Kier alpha value is -2.41. The fourth-order valence-corrected chi connectivity index (χ4v) is 4.84. The summed E-state index contributed by atoms with van der Waals surface area (Å²) in [7, 11) is 0. The van der Waals surface area contributed by atoms with Crippen molar-refractivity contribution in [1.82, 2.24) is 15.0 Å². The van der Waals surface area contributed by atoms with Crippen LogP contribution in [-0.2, 0) is 9.53 Å². The van der Waals surface area contributed by atoms with Gasteiger partial charge in [-0.2, -0.15) is 4.98 Å². The molecule has 1 aromatic carbocycles. The lowest BCUT2D eigenvalue weighted by molar-refractivity contribution is -0.140. The van der Waals surface area contributed by atoms with Crippen LogP contribution >= 0.6 is 0 Å². The highest BCUT2D eigenvalue weighted by atomic mass is 16.5. The lowest BCUT2D eigenvalue weighted by atomic mass is 10.0. The predicted molar refractivity (Wildman–Crippen MR) is 115 cm³/mol. The monoisotopic (exact) mass is 425 g/mol. The second-order valence-corrected chi connectivity index (χ2v) is 9.09. The van der Waals surface area contributed by atoms with E-state index < -0.39 is 0 Å². The second-order valence-electron chi connectivity index (χ2n) is 9.09. The van der Waals surface area contributed by atoms with E-state index in [4.69, 9.17) is 14.0 Å². The number of carbonyl (C=O) groups excluding carboxylic acids is 1. The number of rotatable bonds is 7. The number of carbonyl (C=O) groups is 1. The second kappa shape index (κ2) is 9.39. The molecule has 5 rings (SSSR count). The first-order valence-electron chi connectivity index (χ1n) is 11.7. The standard InChI is InChI=1S/C24H31N3O4/c28-22(10-5-17-3-1-2-4-17)27-15-21(16-27)30-20-8-6-18(7-9-20)23-25-24(31-26-23)19-11-13-29-14-12-19/h6-9,17,19,21H,1-5,10-16H2. The van der Waals surface area contributed by atoms with Crippen LogP contribution in [-0.4, -0.2) is 53.4 Å². The normalized spacial score (nSPS) is 20.7. The largest absolute Gasteiger partial charge is 0.487 e. The number of hydrogen-bond donors (Lipinski definition) is 0. The fourth-order valence-electron chi connectivity index (χ4n) is 4.84. The van der Waals surface area contributed by atoms with Crippen LogP contribution in [0.3, 0.4) is 0 Å². The van der Waals surface area contributed by atoms with Crippen LogP contribution in [0, 0.1) is 5.92 Å². The molecule has 166 valence electrons. The van der Waals surface area contributed by atoms with E-state index in [1.807, 2.05) is 29.2 Å². The van der Waals surface area contributed by atoms with Gasteiger partial charge in [-0.1, -0.05) is 30.8 Å². The molecule has 3 fully saturated rings. The van der Waals surface area contributed by atoms with Crippen molar-refractivity contribution >= 4 is 5.91 Å². The van der Waals surface area contributed by atoms with Gasteiger partial charge >= 0.3 is 0 Å². The molecule has 7 heteroatoms. The molecule has 0 unspecified atom stereocenters. The van der Waals surface area contributed by atoms with Gasteiger partial charge in [0, 0.05) is 31.1 Å². The van der Waals surface area contributed by atoms with Gasteiger partial charge in [-0.3, -0.25) is 4.79 Å². The van der Waals surface area contributed by atoms with Gasteiger partial charge in [0.1, 0.15) is 11.9 Å². The minimum Gasteiger partial charge on any atom is -0.487 e. The van der Waals surface area contributed by atoms with Gasteiger partial charge in [0.25, 0.3) is 0 Å². The highest BCUT2D eigenvalue weighted by molar-refractivity contribution is 5.77. The average molecular weight is 426 g/mol. The predicted octanol–water partition coefficient (Wildman–Crippen LogP) is 4.19. The molecule has 0 N–H and O–H groups in total. The third kappa shape index (κ3) is 4.92. The van der Waals surface area contributed by atoms with E-state index >= 15 is 0 Å². The molecule has 0 bridgehead atoms. The maximum absolute atomic E-state index is 12.3. The Morgan fingerprint density at radius 1 is 1.06 bits per heavy atom. The SMILES string of the molecule is O=C(CCC1CCCC1)N1CC(Oc2ccc(-c3noc(C4CCOCC4)n3)cc2)C1. The smallest absolute Gasteiger partial charge is 0.230 e. The van der Waals surface area contributed by atoms with Crippen LogP contribution < -0.4 is 4.74 Å². The maximum Gasteiger partial charge on any atom is 0.230 e. The van der Waals surface area contributed by atoms with Gasteiger partial charge in [-0.25, -0.2) is 0 Å². The van der Waals surface area contributed by atoms with Gasteiger partial charge in [0.2, 0.25) is 17.6 Å². The van der Waals surface area contributed by atoms with Gasteiger partial charge in [0.15, 0.2) is 0 Å². The lowest BCUT2D eigenvalue weighted by Gasteiger charge is -2.39. The minimum absolute atomic E-state index is 0.0755.